The van der Waals surface area contributed by atoms with Crippen molar-refractivity contribution in [2.75, 3.05) is 0 Å². The van der Waals surface area contributed by atoms with Gasteiger partial charge in [-0.3, -0.25) is 0 Å². The average molecular weight is 324 g/mol. The minimum atomic E-state index is 0.179. The summed E-state index contributed by atoms with van der Waals surface area (Å²) in [5.41, 5.74) is 8.68. The van der Waals surface area contributed by atoms with Crippen molar-refractivity contribution in [1.29, 1.82) is 0 Å². The third-order valence-electron chi connectivity index (χ3n) is 2.98. The molecule has 0 fully saturated rings. The van der Waals surface area contributed by atoms with Gasteiger partial charge in [-0.2, -0.15) is 0 Å². The summed E-state index contributed by atoms with van der Waals surface area (Å²) < 4.78 is 1.15. The molecule has 1 unspecified atom stereocenters. The molecule has 0 aliphatic rings. The van der Waals surface area contributed by atoms with E-state index in [1.54, 1.807) is 11.3 Å². The van der Waals surface area contributed by atoms with Gasteiger partial charge in [0.25, 0.3) is 0 Å². The number of rotatable bonds is 4. The third kappa shape index (κ3) is 3.02. The molecule has 96 valence electrons. The molecule has 1 aromatic carbocycles. The molecule has 1 atom stereocenters. The van der Waals surface area contributed by atoms with Crippen LogP contribution in [-0.2, 0) is 0 Å². The number of aryl methyl sites for hydroxylation is 1. The third-order valence-corrected chi connectivity index (χ3v) is 4.89. The van der Waals surface area contributed by atoms with E-state index >= 15 is 0 Å². The molecule has 0 aliphatic carbocycles. The zero-order chi connectivity index (χ0) is 13.1. The second-order valence-corrected chi connectivity index (χ2v) is 6.55. The number of benzene rings is 1. The van der Waals surface area contributed by atoms with Gasteiger partial charge in [0.15, 0.2) is 0 Å². The van der Waals surface area contributed by atoms with Gasteiger partial charge in [-0.05, 0) is 37.1 Å². The molecule has 0 bridgehead atoms. The molecule has 2 N–H and O–H groups in total. The normalized spacial score (nSPS) is 12.7. The highest BCUT2D eigenvalue weighted by Crippen LogP contribution is 2.36. The number of nitrogens with two attached hydrogens (primary N) is 1. The quantitative estimate of drug-likeness (QED) is 0.813. The Morgan fingerprint density at radius 2 is 2.06 bits per heavy atom. The molecule has 1 aromatic heterocycles. The molecule has 1 nitrogen and oxygen atoms in total. The predicted molar refractivity (Wildman–Crippen MR) is 84.0 cm³/mol. The van der Waals surface area contributed by atoms with Gasteiger partial charge in [0.1, 0.15) is 0 Å². The van der Waals surface area contributed by atoms with Crippen LogP contribution in [0.15, 0.2) is 34.8 Å². The Hall–Kier alpha value is -0.640. The lowest BCUT2D eigenvalue weighted by Crippen LogP contribution is -2.07. The van der Waals surface area contributed by atoms with Crippen LogP contribution >= 0.6 is 27.3 Å². The Balaban J connectivity index is 2.29. The summed E-state index contributed by atoms with van der Waals surface area (Å²) in [4.78, 5) is 2.56. The van der Waals surface area contributed by atoms with E-state index in [-0.39, 0.29) is 6.04 Å². The topological polar surface area (TPSA) is 26.0 Å². The van der Waals surface area contributed by atoms with Crippen molar-refractivity contribution in [3.8, 4) is 10.4 Å². The molecule has 18 heavy (non-hydrogen) atoms. The summed E-state index contributed by atoms with van der Waals surface area (Å²) >= 11 is 5.44. The molecule has 0 saturated carbocycles. The summed E-state index contributed by atoms with van der Waals surface area (Å²) in [6, 6.07) is 11.0. The second-order valence-electron chi connectivity index (χ2n) is 4.58. The van der Waals surface area contributed by atoms with Crippen LogP contribution in [0.25, 0.3) is 10.4 Å². The Kier molecular flexibility index (Phi) is 4.60. The van der Waals surface area contributed by atoms with E-state index < -0.39 is 0 Å². The highest BCUT2D eigenvalue weighted by Gasteiger charge is 2.11. The summed E-state index contributed by atoms with van der Waals surface area (Å²) in [6.45, 7) is 4.27. The smallest absolute Gasteiger partial charge is 0.0389 e. The minimum Gasteiger partial charge on any atom is -0.323 e. The highest BCUT2D eigenvalue weighted by molar-refractivity contribution is 9.10. The van der Waals surface area contributed by atoms with Crippen molar-refractivity contribution < 1.29 is 0 Å². The van der Waals surface area contributed by atoms with Crippen LogP contribution in [0.3, 0.4) is 0 Å². The van der Waals surface area contributed by atoms with Crippen LogP contribution in [0.4, 0.5) is 0 Å². The molecule has 0 amide bonds. The van der Waals surface area contributed by atoms with Gasteiger partial charge < -0.3 is 5.73 Å². The van der Waals surface area contributed by atoms with Gasteiger partial charge in [0.05, 0.1) is 0 Å². The van der Waals surface area contributed by atoms with E-state index in [2.05, 4.69) is 60.1 Å². The highest BCUT2D eigenvalue weighted by atomic mass is 79.9. The lowest BCUT2D eigenvalue weighted by atomic mass is 10.1. The molecule has 2 aromatic rings. The lowest BCUT2D eigenvalue weighted by molar-refractivity contribution is 0.648. The van der Waals surface area contributed by atoms with Crippen LogP contribution < -0.4 is 5.73 Å². The molecular weight excluding hydrogens is 306 g/mol. The minimum absolute atomic E-state index is 0.179. The summed E-state index contributed by atoms with van der Waals surface area (Å²) in [5.74, 6) is 0. The molecule has 2 rings (SSSR count). The SMILES string of the molecule is CCCC(N)c1ccc(-c2ccc(C)cc2Br)s1. The van der Waals surface area contributed by atoms with Crippen molar-refractivity contribution in [2.45, 2.75) is 32.7 Å². The van der Waals surface area contributed by atoms with Crippen molar-refractivity contribution in [1.82, 2.24) is 0 Å². The maximum atomic E-state index is 6.16. The zero-order valence-electron chi connectivity index (χ0n) is 10.7. The molecule has 0 saturated heterocycles. The van der Waals surface area contributed by atoms with Gasteiger partial charge in [-0.15, -0.1) is 11.3 Å². The Bertz CT molecular complexity index is 533. The van der Waals surface area contributed by atoms with Crippen molar-refractivity contribution in [3.63, 3.8) is 0 Å². The molecule has 0 aliphatic heterocycles. The maximum absolute atomic E-state index is 6.16. The fourth-order valence-electron chi connectivity index (χ4n) is 1.97. The second kappa shape index (κ2) is 6.00. The van der Waals surface area contributed by atoms with E-state index in [4.69, 9.17) is 5.73 Å². The fraction of sp³-hybridized carbons (Fsp3) is 0.333. The fourth-order valence-corrected chi connectivity index (χ4v) is 3.89. The van der Waals surface area contributed by atoms with Crippen molar-refractivity contribution in [3.05, 3.63) is 45.2 Å². The largest absolute Gasteiger partial charge is 0.323 e. The van der Waals surface area contributed by atoms with Gasteiger partial charge in [-0.1, -0.05) is 41.4 Å². The van der Waals surface area contributed by atoms with Gasteiger partial charge >= 0.3 is 0 Å². The van der Waals surface area contributed by atoms with Crippen LogP contribution in [0.5, 0.6) is 0 Å². The first-order chi connectivity index (χ1) is 8.61. The summed E-state index contributed by atoms with van der Waals surface area (Å²) in [6.07, 6.45) is 2.18. The molecule has 3 heteroatoms. The number of halogens is 1. The van der Waals surface area contributed by atoms with Gasteiger partial charge in [0, 0.05) is 25.8 Å². The first-order valence-corrected chi connectivity index (χ1v) is 7.84. The van der Waals surface area contributed by atoms with Gasteiger partial charge in [0.2, 0.25) is 0 Å². The molecule has 0 spiro atoms. The summed E-state index contributed by atoms with van der Waals surface area (Å²) in [7, 11) is 0. The predicted octanol–water partition coefficient (Wildman–Crippen LogP) is 5.29. The summed E-state index contributed by atoms with van der Waals surface area (Å²) in [5, 5.41) is 0. The van der Waals surface area contributed by atoms with E-state index in [1.165, 1.54) is 20.9 Å². The monoisotopic (exact) mass is 323 g/mol. The lowest BCUT2D eigenvalue weighted by Gasteiger charge is -2.07. The van der Waals surface area contributed by atoms with Crippen molar-refractivity contribution in [2.24, 2.45) is 5.73 Å². The number of thiophene rings is 1. The Morgan fingerprint density at radius 3 is 2.72 bits per heavy atom. The first-order valence-electron chi connectivity index (χ1n) is 6.23. The molecular formula is C15H18BrNS. The van der Waals surface area contributed by atoms with E-state index in [0.29, 0.717) is 0 Å². The Labute approximate surface area is 121 Å². The van der Waals surface area contributed by atoms with Crippen LogP contribution in [0, 0.1) is 6.92 Å². The van der Waals surface area contributed by atoms with E-state index in [1.807, 2.05) is 0 Å². The van der Waals surface area contributed by atoms with Crippen LogP contribution in [-0.4, -0.2) is 0 Å². The van der Waals surface area contributed by atoms with Crippen molar-refractivity contribution >= 4 is 27.3 Å². The van der Waals surface area contributed by atoms with E-state index in [9.17, 15) is 0 Å². The first kappa shape index (κ1) is 13.8. The van der Waals surface area contributed by atoms with Crippen LogP contribution in [0.1, 0.15) is 36.2 Å². The Morgan fingerprint density at radius 1 is 1.28 bits per heavy atom. The number of hydrogen-bond donors (Lipinski definition) is 1. The van der Waals surface area contributed by atoms with Crippen LogP contribution in [0.2, 0.25) is 0 Å². The average Bonchev–Trinajstić information content (AvgIpc) is 2.78. The maximum Gasteiger partial charge on any atom is 0.0389 e. The van der Waals surface area contributed by atoms with E-state index in [0.717, 1.165) is 17.3 Å². The number of hydrogen-bond acceptors (Lipinski definition) is 2. The molecule has 1 heterocycles. The zero-order valence-corrected chi connectivity index (χ0v) is 13.1. The molecule has 0 radical (unpaired) electrons. The standard InChI is InChI=1S/C15H18BrNS/c1-3-4-13(17)15-8-7-14(18-15)11-6-5-10(2)9-12(11)16/h5-9,13H,3-4,17H2,1-2H3. The van der Waals surface area contributed by atoms with Gasteiger partial charge in [-0.25, -0.2) is 0 Å².